The lowest BCUT2D eigenvalue weighted by atomic mass is 9.99. The summed E-state index contributed by atoms with van der Waals surface area (Å²) < 4.78 is 14.0. The summed E-state index contributed by atoms with van der Waals surface area (Å²) in [6.45, 7) is 2.27. The number of fused-ring (bicyclic) bond motifs is 1. The highest BCUT2D eigenvalue weighted by molar-refractivity contribution is 14.1. The third kappa shape index (κ3) is 3.87. The molecule has 29 heavy (non-hydrogen) atoms. The van der Waals surface area contributed by atoms with Crippen molar-refractivity contribution in [3.05, 3.63) is 40.3 Å². The fraction of sp³-hybridized carbons (Fsp3) is 0.350. The first-order chi connectivity index (χ1) is 13.8. The Balaban J connectivity index is 2.31. The van der Waals surface area contributed by atoms with Crippen molar-refractivity contribution < 1.29 is 19.1 Å². The highest BCUT2D eigenvalue weighted by atomic mass is 127. The van der Waals surface area contributed by atoms with Crippen LogP contribution in [0.15, 0.2) is 18.2 Å². The summed E-state index contributed by atoms with van der Waals surface area (Å²) in [7, 11) is 4.56. The summed E-state index contributed by atoms with van der Waals surface area (Å²) in [5.74, 6) is -0.836. The third-order valence-corrected chi connectivity index (χ3v) is 6.02. The van der Waals surface area contributed by atoms with Crippen LogP contribution in [0.3, 0.4) is 0 Å². The second-order valence-corrected chi connectivity index (χ2v) is 7.69. The number of hydrogen-bond donors (Lipinski definition) is 0. The van der Waals surface area contributed by atoms with Crippen LogP contribution in [0.5, 0.6) is 0 Å². The molecule has 7 nitrogen and oxygen atoms in total. The highest BCUT2D eigenvalue weighted by Gasteiger charge is 2.24. The largest absolute Gasteiger partial charge is 0.469 e. The van der Waals surface area contributed by atoms with Gasteiger partial charge in [-0.15, -0.1) is 0 Å². The van der Waals surface area contributed by atoms with E-state index < -0.39 is 5.97 Å². The number of halogens is 2. The molecule has 3 rings (SSSR count). The summed E-state index contributed by atoms with van der Waals surface area (Å²) in [6.07, 6.45) is 0.132. The van der Waals surface area contributed by atoms with Crippen LogP contribution in [0.2, 0.25) is 5.02 Å². The topological polar surface area (TPSA) is 75.3 Å². The van der Waals surface area contributed by atoms with Crippen LogP contribution in [0.25, 0.3) is 22.0 Å². The van der Waals surface area contributed by atoms with Gasteiger partial charge in [0.2, 0.25) is 0 Å². The maximum atomic E-state index is 12.4. The molecule has 0 spiro atoms. The number of alkyl halides is 1. The Morgan fingerprint density at radius 2 is 1.93 bits per heavy atom. The molecule has 0 N–H and O–H groups in total. The summed E-state index contributed by atoms with van der Waals surface area (Å²) in [6, 6.07) is 5.42. The third-order valence-electron chi connectivity index (χ3n) is 4.98. The second-order valence-electron chi connectivity index (χ2n) is 6.52. The molecule has 0 unspecified atom stereocenters. The van der Waals surface area contributed by atoms with Gasteiger partial charge in [0.15, 0.2) is 0 Å². The van der Waals surface area contributed by atoms with Gasteiger partial charge >= 0.3 is 11.9 Å². The molecule has 0 radical (unpaired) electrons. The van der Waals surface area contributed by atoms with Crippen molar-refractivity contribution in [2.24, 2.45) is 7.05 Å². The molecule has 0 amide bonds. The van der Waals surface area contributed by atoms with E-state index in [1.807, 2.05) is 24.7 Å². The van der Waals surface area contributed by atoms with Crippen molar-refractivity contribution in [3.63, 3.8) is 0 Å². The van der Waals surface area contributed by atoms with Crippen LogP contribution in [-0.4, -0.2) is 40.5 Å². The number of carbonyl (C=O) groups is 2. The first-order valence-electron chi connectivity index (χ1n) is 8.89. The Bertz CT molecular complexity index is 1100. The quantitative estimate of drug-likeness (QED) is 0.271. The van der Waals surface area contributed by atoms with Gasteiger partial charge < -0.3 is 14.0 Å². The van der Waals surface area contributed by atoms with Crippen LogP contribution in [0.4, 0.5) is 0 Å². The zero-order chi connectivity index (χ0) is 21.3. The van der Waals surface area contributed by atoms with Crippen LogP contribution in [0.1, 0.15) is 28.3 Å². The van der Waals surface area contributed by atoms with Crippen molar-refractivity contribution in [1.29, 1.82) is 0 Å². The Morgan fingerprint density at radius 1 is 1.21 bits per heavy atom. The number of methoxy groups -OCH3 is 2. The SMILES string of the molecule is COC(=O)CCn1c(C(=O)OC)cc2c(-c3c(CI)nn(C)c3C)c(Cl)ccc21. The molecule has 0 aliphatic carbocycles. The van der Waals surface area contributed by atoms with Crippen LogP contribution < -0.4 is 0 Å². The Morgan fingerprint density at radius 3 is 2.55 bits per heavy atom. The van der Waals surface area contributed by atoms with Gasteiger partial charge in [-0.3, -0.25) is 9.48 Å². The summed E-state index contributed by atoms with van der Waals surface area (Å²) >= 11 is 8.91. The molecule has 154 valence electrons. The van der Waals surface area contributed by atoms with Gasteiger partial charge in [0.25, 0.3) is 0 Å². The molecule has 0 saturated carbocycles. The monoisotopic (exact) mass is 529 g/mol. The number of aromatic nitrogens is 3. The lowest BCUT2D eigenvalue weighted by Gasteiger charge is -2.11. The maximum absolute atomic E-state index is 12.4. The van der Waals surface area contributed by atoms with E-state index in [2.05, 4.69) is 27.7 Å². The predicted octanol–water partition coefficient (Wildman–Crippen LogP) is 4.29. The molecule has 0 bridgehead atoms. The van der Waals surface area contributed by atoms with Gasteiger partial charge in [0.05, 0.1) is 26.3 Å². The molecule has 9 heteroatoms. The lowest BCUT2D eigenvalue weighted by Crippen LogP contribution is -2.13. The molecule has 3 aromatic rings. The fourth-order valence-corrected chi connectivity index (χ4v) is 4.27. The molecule has 0 aliphatic heterocycles. The zero-order valence-electron chi connectivity index (χ0n) is 16.6. The molecular formula is C20H21ClIN3O4. The van der Waals surface area contributed by atoms with E-state index in [4.69, 9.17) is 21.1 Å². The number of nitrogens with zero attached hydrogens (tertiary/aromatic N) is 3. The van der Waals surface area contributed by atoms with Crippen LogP contribution >= 0.6 is 34.2 Å². The average molecular weight is 530 g/mol. The van der Waals surface area contributed by atoms with E-state index in [0.717, 1.165) is 33.4 Å². The van der Waals surface area contributed by atoms with Crippen molar-refractivity contribution in [3.8, 4) is 11.1 Å². The standard InChI is InChI=1S/C20H21ClIN3O4/c1-11-18(14(10-22)23-24(11)2)19-12-9-16(20(27)29-4)25(8-7-17(26)28-3)15(12)6-5-13(19)21/h5-6,9H,7-8,10H2,1-4H3. The number of carbonyl (C=O) groups excluding carboxylic acids is 2. The van der Waals surface area contributed by atoms with Crippen LogP contribution in [-0.2, 0) is 32.3 Å². The number of rotatable bonds is 6. The summed E-state index contributed by atoms with van der Waals surface area (Å²) in [5, 5.41) is 5.98. The molecule has 1 aromatic carbocycles. The molecule has 0 atom stereocenters. The summed E-state index contributed by atoms with van der Waals surface area (Å²) in [5.41, 5.74) is 4.82. The number of ether oxygens (including phenoxy) is 2. The molecule has 2 heterocycles. The van der Waals surface area contributed by atoms with E-state index in [1.54, 1.807) is 16.7 Å². The number of hydrogen-bond acceptors (Lipinski definition) is 5. The molecule has 2 aromatic heterocycles. The molecule has 0 fully saturated rings. The van der Waals surface area contributed by atoms with Gasteiger partial charge in [-0.05, 0) is 25.1 Å². The van der Waals surface area contributed by atoms with Gasteiger partial charge in [-0.1, -0.05) is 34.2 Å². The van der Waals surface area contributed by atoms with Crippen molar-refractivity contribution in [1.82, 2.24) is 14.3 Å². The van der Waals surface area contributed by atoms with Crippen molar-refractivity contribution >= 4 is 57.0 Å². The highest BCUT2D eigenvalue weighted by Crippen LogP contribution is 2.40. The predicted molar refractivity (Wildman–Crippen MR) is 120 cm³/mol. The van der Waals surface area contributed by atoms with Crippen molar-refractivity contribution in [2.75, 3.05) is 14.2 Å². The first-order valence-corrected chi connectivity index (χ1v) is 10.8. The normalized spacial score (nSPS) is 11.1. The minimum atomic E-state index is -0.481. The Kier molecular flexibility index (Phi) is 6.52. The Labute approximate surface area is 187 Å². The van der Waals surface area contributed by atoms with E-state index in [1.165, 1.54) is 14.2 Å². The molecule has 0 aliphatic rings. The summed E-state index contributed by atoms with van der Waals surface area (Å²) in [4.78, 5) is 24.1. The van der Waals surface area contributed by atoms with Gasteiger partial charge in [0.1, 0.15) is 5.69 Å². The van der Waals surface area contributed by atoms with Gasteiger partial charge in [-0.2, -0.15) is 5.10 Å². The van der Waals surface area contributed by atoms with Gasteiger partial charge in [0, 0.05) is 50.8 Å². The van der Waals surface area contributed by atoms with E-state index in [9.17, 15) is 9.59 Å². The minimum absolute atomic E-state index is 0.132. The zero-order valence-corrected chi connectivity index (χ0v) is 19.5. The second kappa shape index (κ2) is 8.74. The average Bonchev–Trinajstić information content (AvgIpc) is 3.23. The Hall–Kier alpha value is -2.07. The van der Waals surface area contributed by atoms with Crippen LogP contribution in [0, 0.1) is 6.92 Å². The molecular weight excluding hydrogens is 509 g/mol. The lowest BCUT2D eigenvalue weighted by molar-refractivity contribution is -0.140. The maximum Gasteiger partial charge on any atom is 0.354 e. The van der Waals surface area contributed by atoms with Crippen molar-refractivity contribution in [2.45, 2.75) is 24.3 Å². The van der Waals surface area contributed by atoms with E-state index in [-0.39, 0.29) is 18.9 Å². The van der Waals surface area contributed by atoms with E-state index >= 15 is 0 Å². The van der Waals surface area contributed by atoms with Gasteiger partial charge in [-0.25, -0.2) is 4.79 Å². The number of aryl methyl sites for hydroxylation is 2. The minimum Gasteiger partial charge on any atom is -0.469 e. The number of benzene rings is 1. The number of esters is 2. The smallest absolute Gasteiger partial charge is 0.354 e. The first kappa shape index (κ1) is 21.6. The fourth-order valence-electron chi connectivity index (χ4n) is 3.48. The molecule has 0 saturated heterocycles. The van der Waals surface area contributed by atoms with E-state index in [0.29, 0.717) is 15.1 Å².